The summed E-state index contributed by atoms with van der Waals surface area (Å²) in [7, 11) is -0.700. The number of anilines is 1. The summed E-state index contributed by atoms with van der Waals surface area (Å²) >= 11 is 1.02. The van der Waals surface area contributed by atoms with Gasteiger partial charge in [0, 0.05) is 59.1 Å². The lowest BCUT2D eigenvalue weighted by molar-refractivity contribution is 0.398. The van der Waals surface area contributed by atoms with Gasteiger partial charge >= 0.3 is 0 Å². The molecule has 0 unspecified atom stereocenters. The second-order valence-electron chi connectivity index (χ2n) is 5.70. The number of methoxy groups -OCH3 is 1. The van der Waals surface area contributed by atoms with E-state index in [2.05, 4.69) is 19.3 Å². The highest BCUT2D eigenvalue weighted by molar-refractivity contribution is 7.93. The van der Waals surface area contributed by atoms with Crippen LogP contribution in [0.5, 0.6) is 5.88 Å². The standard InChI is InChI=1S/C17H15N5O3S2/c1-22(17-20-10-21-26-17)27(23,24)12-4-5-13-14(9-18-15(13)7-12)11-3-6-16(25-2)19-8-11/h3-10,18H,1-2H3. The van der Waals surface area contributed by atoms with Gasteiger partial charge in [-0.25, -0.2) is 22.7 Å². The maximum Gasteiger partial charge on any atom is 0.265 e. The molecule has 0 bridgehead atoms. The molecule has 4 aromatic rings. The number of ether oxygens (including phenoxy) is 1. The van der Waals surface area contributed by atoms with Crippen LogP contribution in [0.3, 0.4) is 0 Å². The van der Waals surface area contributed by atoms with Gasteiger partial charge in [-0.2, -0.15) is 4.37 Å². The van der Waals surface area contributed by atoms with E-state index in [9.17, 15) is 8.42 Å². The van der Waals surface area contributed by atoms with Gasteiger partial charge < -0.3 is 9.72 Å². The van der Waals surface area contributed by atoms with E-state index in [0.29, 0.717) is 16.5 Å². The minimum atomic E-state index is -3.73. The number of H-pyrrole nitrogens is 1. The number of aromatic nitrogens is 4. The summed E-state index contributed by atoms with van der Waals surface area (Å²) < 4.78 is 35.8. The third-order valence-electron chi connectivity index (χ3n) is 4.19. The number of sulfonamides is 1. The van der Waals surface area contributed by atoms with Crippen LogP contribution in [-0.4, -0.2) is 41.9 Å². The van der Waals surface area contributed by atoms with Crippen molar-refractivity contribution in [2.24, 2.45) is 0 Å². The summed E-state index contributed by atoms with van der Waals surface area (Å²) in [6, 6.07) is 8.67. The molecule has 8 nitrogen and oxygen atoms in total. The molecule has 3 heterocycles. The predicted molar refractivity (Wildman–Crippen MR) is 104 cm³/mol. The van der Waals surface area contributed by atoms with Crippen molar-refractivity contribution in [3.05, 3.63) is 49.1 Å². The fourth-order valence-electron chi connectivity index (χ4n) is 2.73. The largest absolute Gasteiger partial charge is 0.481 e. The van der Waals surface area contributed by atoms with Gasteiger partial charge in [0.1, 0.15) is 6.33 Å². The Bertz CT molecular complexity index is 1190. The van der Waals surface area contributed by atoms with Crippen LogP contribution in [-0.2, 0) is 10.0 Å². The second kappa shape index (κ2) is 6.63. The van der Waals surface area contributed by atoms with Gasteiger partial charge in [-0.15, -0.1) is 0 Å². The van der Waals surface area contributed by atoms with Crippen molar-refractivity contribution in [2.45, 2.75) is 4.90 Å². The highest BCUT2D eigenvalue weighted by Gasteiger charge is 2.24. The van der Waals surface area contributed by atoms with E-state index in [0.717, 1.165) is 32.4 Å². The van der Waals surface area contributed by atoms with Crippen LogP contribution in [0.25, 0.3) is 22.0 Å². The van der Waals surface area contributed by atoms with E-state index < -0.39 is 10.0 Å². The molecule has 10 heteroatoms. The minimum absolute atomic E-state index is 0.175. The average molecular weight is 401 g/mol. The van der Waals surface area contributed by atoms with Gasteiger partial charge in [-0.05, 0) is 18.2 Å². The lowest BCUT2D eigenvalue weighted by Gasteiger charge is -2.15. The first-order chi connectivity index (χ1) is 13.0. The van der Waals surface area contributed by atoms with Gasteiger partial charge in [0.25, 0.3) is 10.0 Å². The lowest BCUT2D eigenvalue weighted by atomic mass is 10.1. The Hall–Kier alpha value is -2.98. The van der Waals surface area contributed by atoms with E-state index in [-0.39, 0.29) is 4.90 Å². The van der Waals surface area contributed by atoms with E-state index in [1.54, 1.807) is 37.6 Å². The van der Waals surface area contributed by atoms with Crippen LogP contribution in [0.2, 0.25) is 0 Å². The van der Waals surface area contributed by atoms with Crippen molar-refractivity contribution in [1.29, 1.82) is 0 Å². The van der Waals surface area contributed by atoms with E-state index in [1.165, 1.54) is 13.4 Å². The minimum Gasteiger partial charge on any atom is -0.481 e. The summed E-state index contributed by atoms with van der Waals surface area (Å²) in [5.74, 6) is 0.534. The Morgan fingerprint density at radius 1 is 1.19 bits per heavy atom. The first-order valence-corrected chi connectivity index (χ1v) is 10.1. The molecule has 0 amide bonds. The first-order valence-electron chi connectivity index (χ1n) is 7.88. The number of fused-ring (bicyclic) bond motifs is 1. The molecule has 0 saturated heterocycles. The summed E-state index contributed by atoms with van der Waals surface area (Å²) in [5, 5.41) is 1.21. The van der Waals surface area contributed by atoms with Gasteiger partial charge in [0.05, 0.1) is 12.0 Å². The number of benzene rings is 1. The maximum atomic E-state index is 12.8. The highest BCUT2D eigenvalue weighted by atomic mass is 32.2. The Labute approximate surface area is 159 Å². The zero-order valence-electron chi connectivity index (χ0n) is 14.4. The quantitative estimate of drug-likeness (QED) is 0.552. The van der Waals surface area contributed by atoms with Crippen LogP contribution < -0.4 is 9.04 Å². The van der Waals surface area contributed by atoms with Crippen LogP contribution in [0, 0.1) is 0 Å². The molecule has 0 atom stereocenters. The second-order valence-corrected chi connectivity index (χ2v) is 8.42. The molecule has 0 spiro atoms. The number of pyridine rings is 1. The molecule has 0 aliphatic heterocycles. The summed E-state index contributed by atoms with van der Waals surface area (Å²) in [4.78, 5) is 11.5. The van der Waals surface area contributed by atoms with Crippen molar-refractivity contribution < 1.29 is 13.2 Å². The summed E-state index contributed by atoms with van der Waals surface area (Å²) in [5.41, 5.74) is 2.55. The van der Waals surface area contributed by atoms with Crippen LogP contribution in [0.4, 0.5) is 5.13 Å². The van der Waals surface area contributed by atoms with Crippen molar-refractivity contribution in [3.8, 4) is 17.0 Å². The third-order valence-corrected chi connectivity index (χ3v) is 6.79. The molecule has 1 aromatic carbocycles. The molecular formula is C17H15N5O3S2. The van der Waals surface area contributed by atoms with Gasteiger partial charge in [-0.3, -0.25) is 0 Å². The number of rotatable bonds is 5. The van der Waals surface area contributed by atoms with E-state index >= 15 is 0 Å². The van der Waals surface area contributed by atoms with Gasteiger partial charge in [-0.1, -0.05) is 6.07 Å². The molecule has 0 saturated carbocycles. The smallest absolute Gasteiger partial charge is 0.265 e. The van der Waals surface area contributed by atoms with Gasteiger partial charge in [0.2, 0.25) is 11.0 Å². The zero-order chi connectivity index (χ0) is 19.0. The fourth-order valence-corrected chi connectivity index (χ4v) is 4.60. The number of aromatic amines is 1. The normalized spacial score (nSPS) is 11.6. The number of hydrogen-bond acceptors (Lipinski definition) is 7. The topological polar surface area (TPSA) is 101 Å². The van der Waals surface area contributed by atoms with E-state index in [4.69, 9.17) is 4.74 Å². The fraction of sp³-hybridized carbons (Fsp3) is 0.118. The number of hydrogen-bond donors (Lipinski definition) is 1. The lowest BCUT2D eigenvalue weighted by Crippen LogP contribution is -2.26. The molecule has 4 rings (SSSR count). The van der Waals surface area contributed by atoms with E-state index in [1.807, 2.05) is 12.3 Å². The Kier molecular flexibility index (Phi) is 4.28. The third kappa shape index (κ3) is 3.02. The van der Waals surface area contributed by atoms with Crippen LogP contribution in [0.15, 0.2) is 53.9 Å². The van der Waals surface area contributed by atoms with Crippen molar-refractivity contribution >= 4 is 37.6 Å². The molecule has 27 heavy (non-hydrogen) atoms. The Balaban J connectivity index is 1.73. The van der Waals surface area contributed by atoms with Crippen molar-refractivity contribution in [3.63, 3.8) is 0 Å². The molecule has 0 fully saturated rings. The average Bonchev–Trinajstić information content (AvgIpc) is 3.37. The van der Waals surface area contributed by atoms with Crippen molar-refractivity contribution in [2.75, 3.05) is 18.5 Å². The zero-order valence-corrected chi connectivity index (χ0v) is 16.1. The molecule has 0 radical (unpaired) electrons. The summed E-state index contributed by atoms with van der Waals surface area (Å²) in [6.07, 6.45) is 4.88. The van der Waals surface area contributed by atoms with Crippen LogP contribution >= 0.6 is 11.5 Å². The molecule has 0 aliphatic rings. The molecule has 1 N–H and O–H groups in total. The highest BCUT2D eigenvalue weighted by Crippen LogP contribution is 2.31. The maximum absolute atomic E-state index is 12.8. The van der Waals surface area contributed by atoms with Crippen LogP contribution in [0.1, 0.15) is 0 Å². The molecular weight excluding hydrogens is 386 g/mol. The SMILES string of the molecule is COc1ccc(-c2c[nH]c3cc(S(=O)(=O)N(C)c4ncns4)ccc23)cn1. The number of nitrogens with zero attached hydrogens (tertiary/aromatic N) is 4. The molecule has 3 aromatic heterocycles. The Morgan fingerprint density at radius 3 is 2.70 bits per heavy atom. The van der Waals surface area contributed by atoms with Gasteiger partial charge in [0.15, 0.2) is 0 Å². The summed E-state index contributed by atoms with van der Waals surface area (Å²) in [6.45, 7) is 0. The Morgan fingerprint density at radius 2 is 2.04 bits per heavy atom. The predicted octanol–water partition coefficient (Wildman–Crippen LogP) is 2.92. The monoisotopic (exact) mass is 401 g/mol. The van der Waals surface area contributed by atoms with Crippen molar-refractivity contribution in [1.82, 2.24) is 19.3 Å². The first kappa shape index (κ1) is 17.4. The molecule has 138 valence electrons. The number of nitrogens with one attached hydrogen (secondary N) is 1. The molecule has 0 aliphatic carbocycles.